The number of pyridine rings is 3. The lowest BCUT2D eigenvalue weighted by Gasteiger charge is -2.12. The largest absolute Gasteiger partial charge is 0.387 e. The third-order valence-corrected chi connectivity index (χ3v) is 6.27. The Hall–Kier alpha value is -4.27. The first-order valence-corrected chi connectivity index (χ1v) is 11.0. The van der Waals surface area contributed by atoms with Gasteiger partial charge in [-0.1, -0.05) is 6.58 Å². The van der Waals surface area contributed by atoms with Crippen LogP contribution in [0.1, 0.15) is 29.2 Å². The number of nitrogens with zero attached hydrogens (tertiary/aromatic N) is 5. The van der Waals surface area contributed by atoms with Gasteiger partial charge in [-0.15, -0.1) is 0 Å². The molecule has 0 bridgehead atoms. The van der Waals surface area contributed by atoms with Crippen molar-refractivity contribution in [3.63, 3.8) is 0 Å². The fourth-order valence-corrected chi connectivity index (χ4v) is 4.20. The van der Waals surface area contributed by atoms with E-state index < -0.39 is 0 Å². The first-order valence-electron chi connectivity index (χ1n) is 11.0. The number of rotatable bonds is 6. The second-order valence-electron chi connectivity index (χ2n) is 8.68. The molecule has 9 nitrogen and oxygen atoms in total. The molecule has 1 aliphatic carbocycles. The maximum absolute atomic E-state index is 12.8. The molecule has 34 heavy (non-hydrogen) atoms. The van der Waals surface area contributed by atoms with Gasteiger partial charge in [0.25, 0.3) is 0 Å². The summed E-state index contributed by atoms with van der Waals surface area (Å²) in [4.78, 5) is 26.2. The van der Waals surface area contributed by atoms with E-state index in [0.29, 0.717) is 17.3 Å². The van der Waals surface area contributed by atoms with Gasteiger partial charge in [0.1, 0.15) is 11.6 Å². The van der Waals surface area contributed by atoms with Gasteiger partial charge in [0.05, 0.1) is 23.3 Å². The molecule has 172 valence electrons. The number of nitrogen functional groups attached to an aromatic ring is 1. The summed E-state index contributed by atoms with van der Waals surface area (Å²) in [6.45, 7) is 5.96. The molecule has 4 aromatic heterocycles. The molecule has 5 rings (SSSR count). The molecular formula is C25H26N8O. The van der Waals surface area contributed by atoms with E-state index in [1.54, 1.807) is 17.1 Å². The zero-order chi connectivity index (χ0) is 24.0. The van der Waals surface area contributed by atoms with Crippen LogP contribution in [-0.4, -0.2) is 37.7 Å². The van der Waals surface area contributed by atoms with Crippen LogP contribution < -0.4 is 16.4 Å². The van der Waals surface area contributed by atoms with E-state index >= 15 is 0 Å². The van der Waals surface area contributed by atoms with Crippen LogP contribution in [0.25, 0.3) is 27.7 Å². The molecule has 0 radical (unpaired) electrons. The summed E-state index contributed by atoms with van der Waals surface area (Å²) < 4.78 is 1.76. The van der Waals surface area contributed by atoms with Crippen LogP contribution in [0.15, 0.2) is 49.6 Å². The van der Waals surface area contributed by atoms with E-state index in [1.165, 1.54) is 0 Å². The number of aromatic nitrogens is 5. The van der Waals surface area contributed by atoms with Crippen LogP contribution in [0, 0.1) is 12.8 Å². The average Bonchev–Trinajstić information content (AvgIpc) is 3.51. The Bertz CT molecular complexity index is 1440. The molecule has 0 aromatic carbocycles. The Morgan fingerprint density at radius 2 is 2.03 bits per heavy atom. The molecule has 0 saturated heterocycles. The van der Waals surface area contributed by atoms with Crippen molar-refractivity contribution in [3.05, 3.63) is 66.4 Å². The van der Waals surface area contributed by atoms with Gasteiger partial charge in [0.15, 0.2) is 0 Å². The lowest BCUT2D eigenvalue weighted by atomic mass is 10.0. The molecule has 1 saturated carbocycles. The standard InChI is InChI=1S/C25H26N8O/c1-13-5-21(14(2)27-3)28-10-19(13)22-6-15-7-23(29-11-20(15)24(26)31-22)32-25(34)18-8-17(18)16-9-30-33(4)12-16/h5-7,9-12,17-18,27H,2,8H2,1,3-4H3,(H2,26,31)(H,29,32,34)/t17-,18+/m1/s1. The monoisotopic (exact) mass is 454 g/mol. The van der Waals surface area contributed by atoms with E-state index in [9.17, 15) is 4.79 Å². The summed E-state index contributed by atoms with van der Waals surface area (Å²) in [5, 5.41) is 11.7. The Kier molecular flexibility index (Phi) is 5.24. The van der Waals surface area contributed by atoms with E-state index in [2.05, 4.69) is 37.3 Å². The zero-order valence-corrected chi connectivity index (χ0v) is 19.3. The molecule has 0 aliphatic heterocycles. The smallest absolute Gasteiger partial charge is 0.229 e. The number of hydrogen-bond donors (Lipinski definition) is 3. The molecule has 0 unspecified atom stereocenters. The van der Waals surface area contributed by atoms with E-state index in [-0.39, 0.29) is 17.7 Å². The Labute approximate surface area is 197 Å². The minimum absolute atomic E-state index is 0.0386. The third-order valence-electron chi connectivity index (χ3n) is 6.27. The van der Waals surface area contributed by atoms with Gasteiger partial charge in [-0.25, -0.2) is 9.97 Å². The van der Waals surface area contributed by atoms with Crippen LogP contribution in [0.2, 0.25) is 0 Å². The highest BCUT2D eigenvalue weighted by Crippen LogP contribution is 2.47. The van der Waals surface area contributed by atoms with Gasteiger partial charge in [0, 0.05) is 49.6 Å². The van der Waals surface area contributed by atoms with Crippen molar-refractivity contribution in [2.45, 2.75) is 19.3 Å². The van der Waals surface area contributed by atoms with Crippen molar-refractivity contribution in [3.8, 4) is 11.3 Å². The normalized spacial score (nSPS) is 16.9. The maximum Gasteiger partial charge on any atom is 0.229 e. The highest BCUT2D eigenvalue weighted by atomic mass is 16.2. The van der Waals surface area contributed by atoms with Crippen molar-refractivity contribution >= 4 is 34.0 Å². The van der Waals surface area contributed by atoms with Gasteiger partial charge in [-0.05, 0) is 54.0 Å². The Morgan fingerprint density at radius 3 is 2.74 bits per heavy atom. The quantitative estimate of drug-likeness (QED) is 0.409. The highest BCUT2D eigenvalue weighted by Gasteiger charge is 2.44. The lowest BCUT2D eigenvalue weighted by molar-refractivity contribution is -0.117. The van der Waals surface area contributed by atoms with Crippen molar-refractivity contribution < 1.29 is 4.79 Å². The number of carbonyl (C=O) groups is 1. The first-order chi connectivity index (χ1) is 16.3. The summed E-state index contributed by atoms with van der Waals surface area (Å²) in [6.07, 6.45) is 8.02. The lowest BCUT2D eigenvalue weighted by Crippen LogP contribution is -2.15. The number of amides is 1. The minimum Gasteiger partial charge on any atom is -0.387 e. The Balaban J connectivity index is 1.40. The van der Waals surface area contributed by atoms with Crippen molar-refractivity contribution in [1.29, 1.82) is 0 Å². The predicted octanol–water partition coefficient (Wildman–Crippen LogP) is 3.25. The molecule has 2 atom stereocenters. The Morgan fingerprint density at radius 1 is 1.21 bits per heavy atom. The van der Waals surface area contributed by atoms with Crippen LogP contribution in [0.3, 0.4) is 0 Å². The van der Waals surface area contributed by atoms with Crippen LogP contribution >= 0.6 is 0 Å². The minimum atomic E-state index is -0.0700. The van der Waals surface area contributed by atoms with Gasteiger partial charge in [-0.3, -0.25) is 14.5 Å². The number of anilines is 2. The topological polar surface area (TPSA) is 124 Å². The second kappa shape index (κ2) is 8.26. The van der Waals surface area contributed by atoms with E-state index in [1.807, 2.05) is 51.6 Å². The number of aryl methyl sites for hydroxylation is 2. The van der Waals surface area contributed by atoms with Crippen LogP contribution in [0.5, 0.6) is 0 Å². The molecule has 4 aromatic rings. The molecule has 9 heteroatoms. The summed E-state index contributed by atoms with van der Waals surface area (Å²) in [5.74, 6) is 0.960. The molecule has 4 N–H and O–H groups in total. The number of fused-ring (bicyclic) bond motifs is 1. The van der Waals surface area contributed by atoms with Crippen LogP contribution in [-0.2, 0) is 11.8 Å². The summed E-state index contributed by atoms with van der Waals surface area (Å²) >= 11 is 0. The van der Waals surface area contributed by atoms with Gasteiger partial charge < -0.3 is 16.4 Å². The van der Waals surface area contributed by atoms with Crippen molar-refractivity contribution in [2.75, 3.05) is 18.1 Å². The molecule has 4 heterocycles. The summed E-state index contributed by atoms with van der Waals surface area (Å²) in [6, 6.07) is 5.73. The highest BCUT2D eigenvalue weighted by molar-refractivity contribution is 5.98. The SMILES string of the molecule is C=C(NC)c1cc(C)c(-c2cc3cc(NC(=O)[C@H]4C[C@@H]4c4cnn(C)c4)ncc3c(N)n2)cn1. The number of carbonyl (C=O) groups excluding carboxylic acids is 1. The third kappa shape index (κ3) is 3.96. The molecule has 1 fully saturated rings. The van der Waals surface area contributed by atoms with Crippen molar-refractivity contribution in [2.24, 2.45) is 13.0 Å². The molecule has 0 spiro atoms. The van der Waals surface area contributed by atoms with Gasteiger partial charge in [-0.2, -0.15) is 5.10 Å². The predicted molar refractivity (Wildman–Crippen MR) is 133 cm³/mol. The number of nitrogens with one attached hydrogen (secondary N) is 2. The van der Waals surface area contributed by atoms with Crippen LogP contribution in [0.4, 0.5) is 11.6 Å². The van der Waals surface area contributed by atoms with Crippen molar-refractivity contribution in [1.82, 2.24) is 30.0 Å². The van der Waals surface area contributed by atoms with E-state index in [0.717, 1.165) is 45.3 Å². The average molecular weight is 455 g/mol. The zero-order valence-electron chi connectivity index (χ0n) is 19.3. The number of hydrogen-bond acceptors (Lipinski definition) is 7. The number of nitrogens with two attached hydrogens (primary N) is 1. The fraction of sp³-hybridized carbons (Fsp3) is 0.240. The van der Waals surface area contributed by atoms with Gasteiger partial charge >= 0.3 is 0 Å². The van der Waals surface area contributed by atoms with Gasteiger partial charge in [0.2, 0.25) is 5.91 Å². The summed E-state index contributed by atoms with van der Waals surface area (Å²) in [7, 11) is 3.69. The summed E-state index contributed by atoms with van der Waals surface area (Å²) in [5.41, 5.74) is 11.4. The molecule has 1 amide bonds. The second-order valence-corrected chi connectivity index (χ2v) is 8.68. The fourth-order valence-electron chi connectivity index (χ4n) is 4.20. The maximum atomic E-state index is 12.8. The van der Waals surface area contributed by atoms with E-state index in [4.69, 9.17) is 5.73 Å². The first kappa shape index (κ1) is 21.6. The molecule has 1 aliphatic rings. The molecular weight excluding hydrogens is 428 g/mol.